The van der Waals surface area contributed by atoms with Crippen molar-refractivity contribution in [2.45, 2.75) is 45.7 Å². The molecular formula is C18H24N6OS. The topological polar surface area (TPSA) is 79.7 Å². The Hall–Kier alpha value is -2.06. The molecule has 1 N–H and O–H groups in total. The summed E-state index contributed by atoms with van der Waals surface area (Å²) in [7, 11) is 0. The van der Waals surface area contributed by atoms with Crippen LogP contribution in [0.4, 0.5) is 0 Å². The van der Waals surface area contributed by atoms with E-state index in [1.807, 2.05) is 18.5 Å². The Labute approximate surface area is 156 Å². The average molecular weight is 372 g/mol. The second-order valence-corrected chi connectivity index (χ2v) is 8.20. The van der Waals surface area contributed by atoms with Crippen LogP contribution in [0.1, 0.15) is 44.0 Å². The Morgan fingerprint density at radius 1 is 1.42 bits per heavy atom. The first-order valence-electron chi connectivity index (χ1n) is 9.17. The van der Waals surface area contributed by atoms with Crippen molar-refractivity contribution in [1.29, 1.82) is 0 Å². The zero-order valence-electron chi connectivity index (χ0n) is 15.2. The standard InChI is InChI=1S/C18H24N6OS/c1-12(2)16-19-17-15(18(25)20-16)21-22-24(17)10-13-4-3-6-23(8-13)9-14-5-7-26-11-14/h5,7,11-13H,3-4,6,8-10H2,1-2H3,(H,19,20,25)/t13-/m0/s1. The zero-order valence-corrected chi connectivity index (χ0v) is 16.0. The van der Waals surface area contributed by atoms with Crippen molar-refractivity contribution in [3.63, 3.8) is 0 Å². The number of rotatable bonds is 5. The van der Waals surface area contributed by atoms with E-state index in [4.69, 9.17) is 0 Å². The molecule has 26 heavy (non-hydrogen) atoms. The molecule has 7 nitrogen and oxygen atoms in total. The van der Waals surface area contributed by atoms with Crippen LogP contribution in [0.15, 0.2) is 21.6 Å². The van der Waals surface area contributed by atoms with Gasteiger partial charge in [-0.2, -0.15) is 11.3 Å². The minimum Gasteiger partial charge on any atom is -0.308 e. The number of aromatic nitrogens is 5. The highest BCUT2D eigenvalue weighted by atomic mass is 32.1. The van der Waals surface area contributed by atoms with Gasteiger partial charge >= 0.3 is 0 Å². The second kappa shape index (κ2) is 7.28. The van der Waals surface area contributed by atoms with E-state index in [-0.39, 0.29) is 11.5 Å². The molecule has 4 rings (SSSR count). The highest BCUT2D eigenvalue weighted by Gasteiger charge is 2.23. The number of hydrogen-bond acceptors (Lipinski definition) is 6. The third kappa shape index (κ3) is 3.57. The number of nitrogens with one attached hydrogen (secondary N) is 1. The molecule has 1 fully saturated rings. The lowest BCUT2D eigenvalue weighted by Gasteiger charge is -2.32. The van der Waals surface area contributed by atoms with Gasteiger partial charge in [-0.05, 0) is 47.7 Å². The van der Waals surface area contributed by atoms with Crippen LogP contribution in [-0.4, -0.2) is 43.0 Å². The number of piperidine rings is 1. The van der Waals surface area contributed by atoms with Crippen LogP contribution in [0.5, 0.6) is 0 Å². The van der Waals surface area contributed by atoms with E-state index in [0.717, 1.165) is 26.2 Å². The fraction of sp³-hybridized carbons (Fsp3) is 0.556. The van der Waals surface area contributed by atoms with Crippen molar-refractivity contribution in [3.8, 4) is 0 Å². The minimum atomic E-state index is -0.201. The molecule has 138 valence electrons. The van der Waals surface area contributed by atoms with E-state index >= 15 is 0 Å². The van der Waals surface area contributed by atoms with Crippen LogP contribution in [0.3, 0.4) is 0 Å². The van der Waals surface area contributed by atoms with Gasteiger partial charge in [-0.1, -0.05) is 19.1 Å². The molecule has 1 aliphatic heterocycles. The summed E-state index contributed by atoms with van der Waals surface area (Å²) >= 11 is 1.75. The van der Waals surface area contributed by atoms with Gasteiger partial charge in [0.25, 0.3) is 5.56 Å². The Balaban J connectivity index is 1.52. The van der Waals surface area contributed by atoms with E-state index in [9.17, 15) is 4.79 Å². The van der Waals surface area contributed by atoms with Gasteiger partial charge in [0.15, 0.2) is 11.2 Å². The number of fused-ring (bicyclic) bond motifs is 1. The fourth-order valence-corrected chi connectivity index (χ4v) is 4.27. The first kappa shape index (κ1) is 17.4. The Morgan fingerprint density at radius 2 is 2.31 bits per heavy atom. The largest absolute Gasteiger partial charge is 0.308 e. The summed E-state index contributed by atoms with van der Waals surface area (Å²) in [4.78, 5) is 22.1. The quantitative estimate of drug-likeness (QED) is 0.745. The number of aromatic amines is 1. The molecular weight excluding hydrogens is 348 g/mol. The third-order valence-corrected chi connectivity index (χ3v) is 5.69. The molecule has 0 amide bonds. The highest BCUT2D eigenvalue weighted by Crippen LogP contribution is 2.22. The fourth-order valence-electron chi connectivity index (χ4n) is 3.61. The van der Waals surface area contributed by atoms with E-state index in [1.54, 1.807) is 11.3 Å². The summed E-state index contributed by atoms with van der Waals surface area (Å²) in [5.74, 6) is 1.34. The Morgan fingerprint density at radius 3 is 3.08 bits per heavy atom. The number of thiophene rings is 1. The SMILES string of the molecule is CC(C)c1nc2c(nnn2C[C@H]2CCCN(Cc3ccsc3)C2)c(=O)[nH]1. The van der Waals surface area contributed by atoms with Gasteiger partial charge in [-0.15, -0.1) is 5.10 Å². The molecule has 3 aromatic heterocycles. The van der Waals surface area contributed by atoms with Gasteiger partial charge < -0.3 is 4.98 Å². The summed E-state index contributed by atoms with van der Waals surface area (Å²) in [6, 6.07) is 2.20. The molecule has 0 spiro atoms. The summed E-state index contributed by atoms with van der Waals surface area (Å²) < 4.78 is 1.81. The minimum absolute atomic E-state index is 0.159. The van der Waals surface area contributed by atoms with Crippen LogP contribution in [0.25, 0.3) is 11.2 Å². The van der Waals surface area contributed by atoms with Gasteiger partial charge in [0.2, 0.25) is 0 Å². The van der Waals surface area contributed by atoms with Crippen molar-refractivity contribution in [3.05, 3.63) is 38.6 Å². The van der Waals surface area contributed by atoms with Crippen molar-refractivity contribution in [2.24, 2.45) is 5.92 Å². The molecule has 1 saturated heterocycles. The molecule has 0 unspecified atom stereocenters. The lowest BCUT2D eigenvalue weighted by Crippen LogP contribution is -2.36. The maximum Gasteiger partial charge on any atom is 0.281 e. The Kier molecular flexibility index (Phi) is 4.86. The van der Waals surface area contributed by atoms with Gasteiger partial charge in [0.1, 0.15) is 5.82 Å². The smallest absolute Gasteiger partial charge is 0.281 e. The summed E-state index contributed by atoms with van der Waals surface area (Å²) in [6.07, 6.45) is 2.36. The molecule has 0 saturated carbocycles. The molecule has 8 heteroatoms. The van der Waals surface area contributed by atoms with E-state index in [0.29, 0.717) is 22.9 Å². The molecule has 0 aromatic carbocycles. The third-order valence-electron chi connectivity index (χ3n) is 4.96. The molecule has 0 radical (unpaired) electrons. The van der Waals surface area contributed by atoms with Crippen LogP contribution in [-0.2, 0) is 13.1 Å². The number of H-pyrrole nitrogens is 1. The van der Waals surface area contributed by atoms with Crippen molar-refractivity contribution in [2.75, 3.05) is 13.1 Å². The molecule has 4 heterocycles. The predicted molar refractivity (Wildman–Crippen MR) is 102 cm³/mol. The van der Waals surface area contributed by atoms with Crippen LogP contribution in [0, 0.1) is 5.92 Å². The zero-order chi connectivity index (χ0) is 18.1. The summed E-state index contributed by atoms with van der Waals surface area (Å²) in [5.41, 5.74) is 2.12. The predicted octanol–water partition coefficient (Wildman–Crippen LogP) is 2.61. The van der Waals surface area contributed by atoms with Crippen molar-refractivity contribution >= 4 is 22.5 Å². The van der Waals surface area contributed by atoms with Crippen LogP contribution < -0.4 is 5.56 Å². The van der Waals surface area contributed by atoms with Gasteiger partial charge in [0, 0.05) is 25.6 Å². The number of nitrogens with zero attached hydrogens (tertiary/aromatic N) is 5. The summed E-state index contributed by atoms with van der Waals surface area (Å²) in [6.45, 7) is 7.97. The average Bonchev–Trinajstić information content (AvgIpc) is 3.26. The lowest BCUT2D eigenvalue weighted by atomic mass is 9.98. The number of hydrogen-bond donors (Lipinski definition) is 1. The normalized spacial score (nSPS) is 18.8. The molecule has 0 aliphatic carbocycles. The first-order chi connectivity index (χ1) is 12.6. The van der Waals surface area contributed by atoms with Gasteiger partial charge in [-0.3, -0.25) is 9.69 Å². The van der Waals surface area contributed by atoms with Gasteiger partial charge in [-0.25, -0.2) is 9.67 Å². The van der Waals surface area contributed by atoms with Crippen LogP contribution in [0.2, 0.25) is 0 Å². The molecule has 3 aromatic rings. The maximum atomic E-state index is 12.2. The van der Waals surface area contributed by atoms with E-state index in [1.165, 1.54) is 18.4 Å². The second-order valence-electron chi connectivity index (χ2n) is 7.42. The monoisotopic (exact) mass is 372 g/mol. The van der Waals surface area contributed by atoms with E-state index in [2.05, 4.69) is 42.0 Å². The van der Waals surface area contributed by atoms with Crippen molar-refractivity contribution < 1.29 is 0 Å². The molecule has 1 atom stereocenters. The number of likely N-dealkylation sites (tertiary alicyclic amines) is 1. The Bertz CT molecular complexity index is 929. The first-order valence-corrected chi connectivity index (χ1v) is 10.1. The molecule has 1 aliphatic rings. The summed E-state index contributed by atoms with van der Waals surface area (Å²) in [5, 5.41) is 12.6. The highest BCUT2D eigenvalue weighted by molar-refractivity contribution is 7.07. The van der Waals surface area contributed by atoms with Crippen molar-refractivity contribution in [1.82, 2.24) is 29.9 Å². The van der Waals surface area contributed by atoms with Crippen LogP contribution >= 0.6 is 11.3 Å². The molecule has 0 bridgehead atoms. The lowest BCUT2D eigenvalue weighted by molar-refractivity contribution is 0.154. The van der Waals surface area contributed by atoms with E-state index < -0.39 is 0 Å². The van der Waals surface area contributed by atoms with Gasteiger partial charge in [0.05, 0.1) is 0 Å². The maximum absolute atomic E-state index is 12.2.